The molecule has 1 amide bonds. The summed E-state index contributed by atoms with van der Waals surface area (Å²) in [4.78, 5) is 25.2. The summed E-state index contributed by atoms with van der Waals surface area (Å²) in [7, 11) is 0. The Kier molecular flexibility index (Phi) is 5.37. The van der Waals surface area contributed by atoms with Crippen molar-refractivity contribution < 1.29 is 14.3 Å². The SMILES string of the molecule is CC(C)CCOC(=O)Cc1ccc(N2CCCC2=O)cc1. The monoisotopic (exact) mass is 289 g/mol. The summed E-state index contributed by atoms with van der Waals surface area (Å²) in [6.45, 7) is 5.48. The zero-order valence-electron chi connectivity index (χ0n) is 12.8. The first-order chi connectivity index (χ1) is 10.1. The Labute approximate surface area is 126 Å². The van der Waals surface area contributed by atoms with Crippen LogP contribution in [-0.4, -0.2) is 25.0 Å². The van der Waals surface area contributed by atoms with Crippen molar-refractivity contribution in [2.24, 2.45) is 5.92 Å². The van der Waals surface area contributed by atoms with Crippen molar-refractivity contribution in [3.8, 4) is 0 Å². The molecule has 4 nitrogen and oxygen atoms in total. The van der Waals surface area contributed by atoms with Crippen molar-refractivity contribution in [2.75, 3.05) is 18.1 Å². The Bertz CT molecular complexity index is 493. The summed E-state index contributed by atoms with van der Waals surface area (Å²) < 4.78 is 5.20. The second-order valence-corrected chi connectivity index (χ2v) is 5.90. The number of hydrogen-bond donors (Lipinski definition) is 0. The van der Waals surface area contributed by atoms with Crippen molar-refractivity contribution >= 4 is 17.6 Å². The Morgan fingerprint density at radius 3 is 2.57 bits per heavy atom. The minimum atomic E-state index is -0.194. The fraction of sp³-hybridized carbons (Fsp3) is 0.529. The van der Waals surface area contributed by atoms with E-state index in [2.05, 4.69) is 13.8 Å². The lowest BCUT2D eigenvalue weighted by Crippen LogP contribution is -2.23. The molecular weight excluding hydrogens is 266 g/mol. The van der Waals surface area contributed by atoms with E-state index in [9.17, 15) is 9.59 Å². The van der Waals surface area contributed by atoms with Crippen LogP contribution >= 0.6 is 0 Å². The van der Waals surface area contributed by atoms with Crippen LogP contribution in [-0.2, 0) is 20.7 Å². The van der Waals surface area contributed by atoms with Crippen molar-refractivity contribution in [2.45, 2.75) is 39.5 Å². The Balaban J connectivity index is 1.84. The van der Waals surface area contributed by atoms with Gasteiger partial charge in [0.1, 0.15) is 0 Å². The van der Waals surface area contributed by atoms with Gasteiger partial charge in [-0.1, -0.05) is 26.0 Å². The van der Waals surface area contributed by atoms with E-state index >= 15 is 0 Å². The van der Waals surface area contributed by atoms with Crippen LogP contribution in [0, 0.1) is 5.92 Å². The first-order valence-electron chi connectivity index (χ1n) is 7.61. The summed E-state index contributed by atoms with van der Waals surface area (Å²) in [5.41, 5.74) is 1.83. The van der Waals surface area contributed by atoms with Gasteiger partial charge >= 0.3 is 5.97 Å². The average Bonchev–Trinajstić information content (AvgIpc) is 2.85. The van der Waals surface area contributed by atoms with Crippen LogP contribution < -0.4 is 4.90 Å². The summed E-state index contributed by atoms with van der Waals surface area (Å²) in [5, 5.41) is 0. The maximum absolute atomic E-state index is 11.7. The molecule has 0 radical (unpaired) electrons. The predicted molar refractivity (Wildman–Crippen MR) is 82.1 cm³/mol. The van der Waals surface area contributed by atoms with E-state index in [1.54, 1.807) is 4.90 Å². The van der Waals surface area contributed by atoms with Gasteiger partial charge in [0.2, 0.25) is 5.91 Å². The number of hydrogen-bond acceptors (Lipinski definition) is 3. The second-order valence-electron chi connectivity index (χ2n) is 5.90. The molecule has 1 aliphatic rings. The van der Waals surface area contributed by atoms with Gasteiger partial charge in [0.05, 0.1) is 13.0 Å². The highest BCUT2D eigenvalue weighted by Gasteiger charge is 2.21. The summed E-state index contributed by atoms with van der Waals surface area (Å²) in [5.74, 6) is 0.520. The summed E-state index contributed by atoms with van der Waals surface area (Å²) in [6.07, 6.45) is 2.72. The van der Waals surface area contributed by atoms with Crippen molar-refractivity contribution in [1.29, 1.82) is 0 Å². The third-order valence-corrected chi connectivity index (χ3v) is 3.63. The molecule has 0 saturated carbocycles. The van der Waals surface area contributed by atoms with Crippen molar-refractivity contribution in [3.05, 3.63) is 29.8 Å². The van der Waals surface area contributed by atoms with Crippen LogP contribution in [0.25, 0.3) is 0 Å². The van der Waals surface area contributed by atoms with Gasteiger partial charge in [-0.25, -0.2) is 0 Å². The number of anilines is 1. The van der Waals surface area contributed by atoms with Gasteiger partial charge in [-0.3, -0.25) is 9.59 Å². The Morgan fingerprint density at radius 2 is 2.00 bits per heavy atom. The molecule has 1 fully saturated rings. The molecule has 1 aliphatic heterocycles. The molecule has 4 heteroatoms. The largest absolute Gasteiger partial charge is 0.465 e. The Morgan fingerprint density at radius 1 is 1.29 bits per heavy atom. The quantitative estimate of drug-likeness (QED) is 0.756. The molecule has 0 N–H and O–H groups in total. The van der Waals surface area contributed by atoms with Gasteiger partial charge in [0, 0.05) is 18.7 Å². The minimum Gasteiger partial charge on any atom is -0.465 e. The number of amides is 1. The second kappa shape index (κ2) is 7.25. The van der Waals surface area contributed by atoms with Gasteiger partial charge < -0.3 is 9.64 Å². The summed E-state index contributed by atoms with van der Waals surface area (Å²) >= 11 is 0. The number of carbonyl (C=O) groups excluding carboxylic acids is 2. The van der Waals surface area contributed by atoms with Crippen molar-refractivity contribution in [1.82, 2.24) is 0 Å². The van der Waals surface area contributed by atoms with Crippen LogP contribution in [0.4, 0.5) is 5.69 Å². The first kappa shape index (κ1) is 15.5. The maximum Gasteiger partial charge on any atom is 0.310 e. The van der Waals surface area contributed by atoms with Gasteiger partial charge in [0.15, 0.2) is 0 Å². The normalized spacial score (nSPS) is 14.8. The Hall–Kier alpha value is -1.84. The molecule has 0 unspecified atom stereocenters. The van der Waals surface area contributed by atoms with Crippen LogP contribution in [0.1, 0.15) is 38.7 Å². The molecule has 21 heavy (non-hydrogen) atoms. The van der Waals surface area contributed by atoms with Gasteiger partial charge in [0.25, 0.3) is 0 Å². The van der Waals surface area contributed by atoms with E-state index in [1.165, 1.54) is 0 Å². The van der Waals surface area contributed by atoms with Gasteiger partial charge in [-0.15, -0.1) is 0 Å². The van der Waals surface area contributed by atoms with Gasteiger partial charge in [-0.2, -0.15) is 0 Å². The molecule has 0 atom stereocenters. The molecule has 114 valence electrons. The lowest BCUT2D eigenvalue weighted by Gasteiger charge is -2.15. The molecule has 1 aromatic rings. The number of nitrogens with zero attached hydrogens (tertiary/aromatic N) is 1. The highest BCUT2D eigenvalue weighted by molar-refractivity contribution is 5.95. The van der Waals surface area contributed by atoms with E-state index in [1.807, 2.05) is 24.3 Å². The topological polar surface area (TPSA) is 46.6 Å². The van der Waals surface area contributed by atoms with Gasteiger partial charge in [-0.05, 0) is 36.5 Å². The molecule has 1 saturated heterocycles. The standard InChI is InChI=1S/C17H23NO3/c1-13(2)9-11-21-17(20)12-14-5-7-15(8-6-14)18-10-3-4-16(18)19/h5-8,13H,3-4,9-12H2,1-2H3. The maximum atomic E-state index is 11.7. The van der Waals surface area contributed by atoms with Crippen LogP contribution in [0.3, 0.4) is 0 Å². The van der Waals surface area contributed by atoms with E-state index in [-0.39, 0.29) is 18.3 Å². The molecular formula is C17H23NO3. The highest BCUT2D eigenvalue weighted by atomic mass is 16.5. The van der Waals surface area contributed by atoms with E-state index in [0.717, 1.165) is 30.6 Å². The summed E-state index contributed by atoms with van der Waals surface area (Å²) in [6, 6.07) is 7.59. The number of rotatable bonds is 6. The van der Waals surface area contributed by atoms with E-state index < -0.39 is 0 Å². The van der Waals surface area contributed by atoms with Crippen LogP contribution in [0.2, 0.25) is 0 Å². The third-order valence-electron chi connectivity index (χ3n) is 3.63. The highest BCUT2D eigenvalue weighted by Crippen LogP contribution is 2.21. The van der Waals surface area contributed by atoms with Crippen LogP contribution in [0.5, 0.6) is 0 Å². The fourth-order valence-corrected chi connectivity index (χ4v) is 2.34. The minimum absolute atomic E-state index is 0.177. The van der Waals surface area contributed by atoms with Crippen molar-refractivity contribution in [3.63, 3.8) is 0 Å². The molecule has 0 bridgehead atoms. The number of esters is 1. The number of benzene rings is 1. The third kappa shape index (κ3) is 4.59. The number of carbonyl (C=O) groups is 2. The molecule has 0 aliphatic carbocycles. The molecule has 0 aromatic heterocycles. The van der Waals surface area contributed by atoms with E-state index in [0.29, 0.717) is 18.9 Å². The van der Waals surface area contributed by atoms with Crippen LogP contribution in [0.15, 0.2) is 24.3 Å². The smallest absolute Gasteiger partial charge is 0.310 e. The zero-order chi connectivity index (χ0) is 15.2. The molecule has 1 aromatic carbocycles. The lowest BCUT2D eigenvalue weighted by atomic mass is 10.1. The molecule has 2 rings (SSSR count). The number of ether oxygens (including phenoxy) is 1. The zero-order valence-corrected chi connectivity index (χ0v) is 12.8. The first-order valence-corrected chi connectivity index (χ1v) is 7.61. The lowest BCUT2D eigenvalue weighted by molar-refractivity contribution is -0.143. The molecule has 0 spiro atoms. The fourth-order valence-electron chi connectivity index (χ4n) is 2.34. The average molecular weight is 289 g/mol. The molecule has 1 heterocycles. The van der Waals surface area contributed by atoms with E-state index in [4.69, 9.17) is 4.74 Å². The predicted octanol–water partition coefficient (Wildman–Crippen LogP) is 2.95.